The van der Waals surface area contributed by atoms with Gasteiger partial charge in [0.1, 0.15) is 0 Å². The van der Waals surface area contributed by atoms with Crippen LogP contribution in [0.15, 0.2) is 0 Å². The van der Waals surface area contributed by atoms with E-state index >= 15 is 0 Å². The van der Waals surface area contributed by atoms with Crippen molar-refractivity contribution in [3.63, 3.8) is 0 Å². The highest BCUT2D eigenvalue weighted by atomic mass is 32.2. The van der Waals surface area contributed by atoms with Crippen molar-refractivity contribution >= 4 is 17.7 Å². The summed E-state index contributed by atoms with van der Waals surface area (Å²) in [5, 5.41) is 11.9. The molecule has 0 aliphatic carbocycles. The number of amides is 1. The molecule has 0 radical (unpaired) electrons. The first kappa shape index (κ1) is 13.8. The van der Waals surface area contributed by atoms with Gasteiger partial charge in [-0.1, -0.05) is 20.8 Å². The van der Waals surface area contributed by atoms with Crippen LogP contribution in [0.5, 0.6) is 0 Å². The lowest BCUT2D eigenvalue weighted by Crippen LogP contribution is -2.29. The molecule has 0 fully saturated rings. The second-order valence-electron chi connectivity index (χ2n) is 3.83. The summed E-state index contributed by atoms with van der Waals surface area (Å²) in [6, 6.07) is 0. The zero-order valence-electron chi connectivity index (χ0n) is 9.25. The van der Waals surface area contributed by atoms with Crippen molar-refractivity contribution in [2.24, 2.45) is 5.92 Å². The molecule has 0 aromatic rings. The van der Waals surface area contributed by atoms with Crippen LogP contribution in [0.4, 0.5) is 0 Å². The smallest absolute Gasteiger partial charge is 0.230 e. The highest BCUT2D eigenvalue weighted by Crippen LogP contribution is 2.12. The minimum Gasteiger partial charge on any atom is -0.396 e. The molecule has 0 spiro atoms. The van der Waals surface area contributed by atoms with Crippen molar-refractivity contribution in [2.75, 3.05) is 18.9 Å². The van der Waals surface area contributed by atoms with Gasteiger partial charge in [-0.05, 0) is 12.3 Å². The maximum Gasteiger partial charge on any atom is 0.230 e. The van der Waals surface area contributed by atoms with E-state index in [1.165, 1.54) is 0 Å². The van der Waals surface area contributed by atoms with Gasteiger partial charge in [-0.15, -0.1) is 11.8 Å². The molecule has 2 N–H and O–H groups in total. The summed E-state index contributed by atoms with van der Waals surface area (Å²) in [5.74, 6) is 1.08. The molecule has 84 valence electrons. The van der Waals surface area contributed by atoms with Gasteiger partial charge < -0.3 is 10.4 Å². The Balaban J connectivity index is 3.43. The molecule has 0 rings (SSSR count). The van der Waals surface area contributed by atoms with Gasteiger partial charge in [-0.25, -0.2) is 0 Å². The van der Waals surface area contributed by atoms with Gasteiger partial charge in [0.25, 0.3) is 0 Å². The Kier molecular flexibility index (Phi) is 7.99. The maximum atomic E-state index is 11.3. The molecule has 1 atom stereocenters. The van der Waals surface area contributed by atoms with E-state index in [2.05, 4.69) is 19.2 Å². The first-order valence-electron chi connectivity index (χ1n) is 5.05. The quantitative estimate of drug-likeness (QED) is 0.678. The molecule has 0 aliphatic heterocycles. The van der Waals surface area contributed by atoms with Crippen LogP contribution in [0.2, 0.25) is 0 Å². The summed E-state index contributed by atoms with van der Waals surface area (Å²) in [6.07, 6.45) is 0.752. The topological polar surface area (TPSA) is 49.3 Å². The van der Waals surface area contributed by atoms with Crippen LogP contribution in [0.25, 0.3) is 0 Å². The molecule has 0 saturated heterocycles. The Morgan fingerprint density at radius 3 is 2.57 bits per heavy atom. The lowest BCUT2D eigenvalue weighted by molar-refractivity contribution is -0.118. The van der Waals surface area contributed by atoms with Gasteiger partial charge >= 0.3 is 0 Å². The highest BCUT2D eigenvalue weighted by Gasteiger charge is 2.06. The van der Waals surface area contributed by atoms with E-state index < -0.39 is 0 Å². The minimum absolute atomic E-state index is 0.0912. The number of hydrogen-bond donors (Lipinski definition) is 2. The summed E-state index contributed by atoms with van der Waals surface area (Å²) < 4.78 is 0. The molecular weight excluding hydrogens is 198 g/mol. The molecule has 0 aromatic heterocycles. The van der Waals surface area contributed by atoms with E-state index in [0.29, 0.717) is 16.9 Å². The van der Waals surface area contributed by atoms with Crippen LogP contribution in [0.3, 0.4) is 0 Å². The molecule has 4 heteroatoms. The number of carbonyl (C=O) groups excluding carboxylic acids is 1. The molecular formula is C10H21NO2S. The predicted molar refractivity (Wildman–Crippen MR) is 61.5 cm³/mol. The van der Waals surface area contributed by atoms with Crippen LogP contribution in [0.1, 0.15) is 27.2 Å². The fourth-order valence-corrected chi connectivity index (χ4v) is 1.66. The maximum absolute atomic E-state index is 11.3. The average Bonchev–Trinajstić information content (AvgIpc) is 2.12. The van der Waals surface area contributed by atoms with Crippen LogP contribution < -0.4 is 5.32 Å². The first-order valence-corrected chi connectivity index (χ1v) is 6.10. The Hall–Kier alpha value is -0.220. The van der Waals surface area contributed by atoms with E-state index in [-0.39, 0.29) is 12.5 Å². The van der Waals surface area contributed by atoms with Gasteiger partial charge in [0, 0.05) is 18.4 Å². The molecule has 1 unspecified atom stereocenters. The lowest BCUT2D eigenvalue weighted by atomic mass is 10.2. The van der Waals surface area contributed by atoms with E-state index in [1.807, 2.05) is 6.92 Å². The first-order chi connectivity index (χ1) is 6.56. The molecule has 0 aromatic carbocycles. The third-order valence-corrected chi connectivity index (χ3v) is 2.98. The molecule has 0 bridgehead atoms. The predicted octanol–water partition coefficient (Wildman–Crippen LogP) is 1.26. The normalized spacial score (nSPS) is 12.9. The number of hydrogen-bond acceptors (Lipinski definition) is 3. The molecule has 0 aliphatic rings. The van der Waals surface area contributed by atoms with Crippen molar-refractivity contribution in [3.05, 3.63) is 0 Å². The Labute approximate surface area is 90.7 Å². The van der Waals surface area contributed by atoms with E-state index in [9.17, 15) is 4.79 Å². The Morgan fingerprint density at radius 1 is 1.43 bits per heavy atom. The lowest BCUT2D eigenvalue weighted by Gasteiger charge is -2.10. The number of carbonyl (C=O) groups is 1. The molecule has 14 heavy (non-hydrogen) atoms. The van der Waals surface area contributed by atoms with Crippen molar-refractivity contribution in [1.82, 2.24) is 5.32 Å². The number of thioether (sulfide) groups is 1. The zero-order chi connectivity index (χ0) is 11.0. The fraction of sp³-hybridized carbons (Fsp3) is 0.900. The standard InChI is InChI=1S/C10H21NO2S/c1-8(2)6-11-10(13)7-14-9(3)4-5-12/h8-9,12H,4-7H2,1-3H3,(H,11,13). The van der Waals surface area contributed by atoms with Crippen LogP contribution >= 0.6 is 11.8 Å². The second-order valence-corrected chi connectivity index (χ2v) is 5.26. The van der Waals surface area contributed by atoms with Gasteiger partial charge in [0.15, 0.2) is 0 Å². The van der Waals surface area contributed by atoms with Crippen LogP contribution in [-0.4, -0.2) is 35.2 Å². The third kappa shape index (κ3) is 8.38. The summed E-state index contributed by atoms with van der Waals surface area (Å²) in [4.78, 5) is 11.3. The summed E-state index contributed by atoms with van der Waals surface area (Å²) in [7, 11) is 0. The Bertz CT molecular complexity index is 162. The molecule has 0 saturated carbocycles. The van der Waals surface area contributed by atoms with Gasteiger partial charge in [-0.2, -0.15) is 0 Å². The van der Waals surface area contributed by atoms with Gasteiger partial charge in [0.2, 0.25) is 5.91 Å². The third-order valence-electron chi connectivity index (χ3n) is 1.74. The van der Waals surface area contributed by atoms with Crippen molar-refractivity contribution in [2.45, 2.75) is 32.4 Å². The SMILES string of the molecule is CC(C)CNC(=O)CSC(C)CCO. The average molecular weight is 219 g/mol. The highest BCUT2D eigenvalue weighted by molar-refractivity contribution is 8.00. The zero-order valence-corrected chi connectivity index (χ0v) is 10.1. The Morgan fingerprint density at radius 2 is 2.07 bits per heavy atom. The summed E-state index contributed by atoms with van der Waals surface area (Å²) >= 11 is 1.59. The summed E-state index contributed by atoms with van der Waals surface area (Å²) in [5.41, 5.74) is 0. The van der Waals surface area contributed by atoms with Crippen molar-refractivity contribution < 1.29 is 9.90 Å². The largest absolute Gasteiger partial charge is 0.396 e. The molecule has 3 nitrogen and oxygen atoms in total. The fourth-order valence-electron chi connectivity index (χ4n) is 0.852. The summed E-state index contributed by atoms with van der Waals surface area (Å²) in [6.45, 7) is 7.11. The minimum atomic E-state index is 0.0912. The van der Waals surface area contributed by atoms with Crippen LogP contribution in [-0.2, 0) is 4.79 Å². The molecule has 0 heterocycles. The monoisotopic (exact) mass is 219 g/mol. The van der Waals surface area contributed by atoms with Gasteiger partial charge in [0.05, 0.1) is 5.75 Å². The van der Waals surface area contributed by atoms with E-state index in [4.69, 9.17) is 5.11 Å². The second kappa shape index (κ2) is 8.12. The molecule has 1 amide bonds. The number of aliphatic hydroxyl groups excluding tert-OH is 1. The van der Waals surface area contributed by atoms with E-state index in [0.717, 1.165) is 13.0 Å². The van der Waals surface area contributed by atoms with Crippen molar-refractivity contribution in [3.8, 4) is 0 Å². The number of aliphatic hydroxyl groups is 1. The van der Waals surface area contributed by atoms with Gasteiger partial charge in [-0.3, -0.25) is 4.79 Å². The van der Waals surface area contributed by atoms with E-state index in [1.54, 1.807) is 11.8 Å². The number of nitrogens with one attached hydrogen (secondary N) is 1. The van der Waals surface area contributed by atoms with Crippen LogP contribution in [0, 0.1) is 5.92 Å². The number of rotatable bonds is 7. The van der Waals surface area contributed by atoms with Crippen molar-refractivity contribution in [1.29, 1.82) is 0 Å².